The Labute approximate surface area is 125 Å². The first-order valence-electron chi connectivity index (χ1n) is 7.36. The van der Waals surface area contributed by atoms with E-state index >= 15 is 0 Å². The van der Waals surface area contributed by atoms with Gasteiger partial charge in [-0.05, 0) is 12.8 Å². The predicted molar refractivity (Wildman–Crippen MR) is 80.1 cm³/mol. The second kappa shape index (κ2) is 7.76. The molecule has 0 spiro atoms. The van der Waals surface area contributed by atoms with Gasteiger partial charge >= 0.3 is 0 Å². The van der Waals surface area contributed by atoms with Crippen LogP contribution in [0.25, 0.3) is 0 Å². The fraction of sp³-hybridized carbons (Fsp3) is 0.562. The van der Waals surface area contributed by atoms with E-state index in [0.717, 1.165) is 12.8 Å². The second-order valence-electron chi connectivity index (χ2n) is 5.24. The summed E-state index contributed by atoms with van der Waals surface area (Å²) in [7, 11) is 3.16. The Morgan fingerprint density at radius 3 is 2.19 bits per heavy atom. The van der Waals surface area contributed by atoms with Gasteiger partial charge in [0.15, 0.2) is 6.61 Å². The number of carbonyl (C=O) groups excluding carboxylic acids is 1. The van der Waals surface area contributed by atoms with E-state index in [4.69, 9.17) is 14.2 Å². The minimum atomic E-state index is -0.0799. The van der Waals surface area contributed by atoms with Gasteiger partial charge in [-0.2, -0.15) is 0 Å². The quantitative estimate of drug-likeness (QED) is 0.875. The van der Waals surface area contributed by atoms with Crippen molar-refractivity contribution in [2.45, 2.75) is 38.1 Å². The molecule has 21 heavy (non-hydrogen) atoms. The lowest BCUT2D eigenvalue weighted by molar-refractivity contribution is -0.124. The average molecular weight is 293 g/mol. The number of nitrogens with one attached hydrogen (secondary N) is 1. The van der Waals surface area contributed by atoms with Crippen LogP contribution in [-0.4, -0.2) is 32.8 Å². The third-order valence-corrected chi connectivity index (χ3v) is 3.67. The summed E-state index contributed by atoms with van der Waals surface area (Å²) >= 11 is 0. The van der Waals surface area contributed by atoms with E-state index in [2.05, 4.69) is 5.32 Å². The minimum Gasteiger partial charge on any atom is -0.496 e. The van der Waals surface area contributed by atoms with Crippen LogP contribution in [0.15, 0.2) is 18.2 Å². The Hall–Kier alpha value is -1.91. The average Bonchev–Trinajstić information content (AvgIpc) is 2.53. The molecule has 0 saturated heterocycles. The van der Waals surface area contributed by atoms with Gasteiger partial charge in [0.05, 0.1) is 14.2 Å². The van der Waals surface area contributed by atoms with E-state index in [1.165, 1.54) is 19.3 Å². The van der Waals surface area contributed by atoms with Gasteiger partial charge < -0.3 is 19.5 Å². The summed E-state index contributed by atoms with van der Waals surface area (Å²) in [6.07, 6.45) is 5.79. The standard InChI is InChI=1S/C16H23NO4/c1-19-13-8-14(20-2)10-15(9-13)21-11-16(18)17-12-6-4-3-5-7-12/h8-10,12H,3-7,11H2,1-2H3,(H,17,18). The second-order valence-corrected chi connectivity index (χ2v) is 5.24. The normalized spacial score (nSPS) is 15.3. The highest BCUT2D eigenvalue weighted by Crippen LogP contribution is 2.27. The maximum absolute atomic E-state index is 11.9. The summed E-state index contributed by atoms with van der Waals surface area (Å²) in [4.78, 5) is 11.9. The molecule has 1 amide bonds. The summed E-state index contributed by atoms with van der Waals surface area (Å²) in [5.41, 5.74) is 0. The van der Waals surface area contributed by atoms with Crippen LogP contribution >= 0.6 is 0 Å². The molecule has 1 fully saturated rings. The van der Waals surface area contributed by atoms with Crippen LogP contribution in [-0.2, 0) is 4.79 Å². The molecule has 0 atom stereocenters. The maximum Gasteiger partial charge on any atom is 0.258 e. The van der Waals surface area contributed by atoms with Crippen LogP contribution in [0.2, 0.25) is 0 Å². The van der Waals surface area contributed by atoms with E-state index in [0.29, 0.717) is 23.3 Å². The molecule has 1 saturated carbocycles. The van der Waals surface area contributed by atoms with Gasteiger partial charge in [0, 0.05) is 24.2 Å². The van der Waals surface area contributed by atoms with Crippen LogP contribution in [0.5, 0.6) is 17.2 Å². The largest absolute Gasteiger partial charge is 0.496 e. The van der Waals surface area contributed by atoms with Gasteiger partial charge in [0.2, 0.25) is 0 Å². The van der Waals surface area contributed by atoms with Gasteiger partial charge in [-0.3, -0.25) is 4.79 Å². The first-order chi connectivity index (χ1) is 10.2. The third-order valence-electron chi connectivity index (χ3n) is 3.67. The molecule has 1 aliphatic carbocycles. The highest BCUT2D eigenvalue weighted by molar-refractivity contribution is 5.77. The minimum absolute atomic E-state index is 0.00677. The molecule has 0 aliphatic heterocycles. The van der Waals surface area contributed by atoms with Gasteiger partial charge in [0.1, 0.15) is 17.2 Å². The van der Waals surface area contributed by atoms with Crippen molar-refractivity contribution in [3.63, 3.8) is 0 Å². The van der Waals surface area contributed by atoms with Crippen molar-refractivity contribution in [3.05, 3.63) is 18.2 Å². The Kier molecular flexibility index (Phi) is 5.72. The van der Waals surface area contributed by atoms with Gasteiger partial charge in [-0.15, -0.1) is 0 Å². The number of ether oxygens (including phenoxy) is 3. The van der Waals surface area contributed by atoms with Crippen molar-refractivity contribution in [1.82, 2.24) is 5.32 Å². The lowest BCUT2D eigenvalue weighted by Crippen LogP contribution is -2.38. The molecule has 0 unspecified atom stereocenters. The van der Waals surface area contributed by atoms with E-state index in [-0.39, 0.29) is 12.5 Å². The first kappa shape index (κ1) is 15.5. The SMILES string of the molecule is COc1cc(OC)cc(OCC(=O)NC2CCCCC2)c1. The molecule has 0 heterocycles. The zero-order valence-corrected chi connectivity index (χ0v) is 12.7. The van der Waals surface area contributed by atoms with E-state index in [9.17, 15) is 4.79 Å². The molecule has 0 aromatic heterocycles. The van der Waals surface area contributed by atoms with Crippen LogP contribution in [0.4, 0.5) is 0 Å². The molecule has 0 bridgehead atoms. The molecule has 0 radical (unpaired) electrons. The number of rotatable bonds is 6. The fourth-order valence-electron chi connectivity index (χ4n) is 2.53. The molecule has 5 nitrogen and oxygen atoms in total. The number of hydrogen-bond acceptors (Lipinski definition) is 4. The monoisotopic (exact) mass is 293 g/mol. The molecule has 1 aromatic rings. The van der Waals surface area contributed by atoms with E-state index in [1.54, 1.807) is 32.4 Å². The highest BCUT2D eigenvalue weighted by atomic mass is 16.5. The number of hydrogen-bond donors (Lipinski definition) is 1. The molecule has 1 aromatic carbocycles. The summed E-state index contributed by atoms with van der Waals surface area (Å²) in [6, 6.07) is 5.52. The zero-order valence-electron chi connectivity index (χ0n) is 12.7. The lowest BCUT2D eigenvalue weighted by atomic mass is 9.95. The predicted octanol–water partition coefficient (Wildman–Crippen LogP) is 2.53. The number of carbonyl (C=O) groups is 1. The topological polar surface area (TPSA) is 56.8 Å². The third kappa shape index (κ3) is 4.85. The van der Waals surface area contributed by atoms with E-state index < -0.39 is 0 Å². The van der Waals surface area contributed by atoms with Crippen molar-refractivity contribution in [1.29, 1.82) is 0 Å². The maximum atomic E-state index is 11.9. The Morgan fingerprint density at radius 2 is 1.62 bits per heavy atom. The van der Waals surface area contributed by atoms with Gasteiger partial charge in [-0.25, -0.2) is 0 Å². The van der Waals surface area contributed by atoms with Crippen molar-refractivity contribution >= 4 is 5.91 Å². The van der Waals surface area contributed by atoms with Crippen molar-refractivity contribution in [3.8, 4) is 17.2 Å². The molecule has 2 rings (SSSR count). The highest BCUT2D eigenvalue weighted by Gasteiger charge is 2.16. The van der Waals surface area contributed by atoms with Gasteiger partial charge in [0.25, 0.3) is 5.91 Å². The fourth-order valence-corrected chi connectivity index (χ4v) is 2.53. The van der Waals surface area contributed by atoms with Crippen LogP contribution < -0.4 is 19.5 Å². The Bertz CT molecular complexity index is 447. The summed E-state index contributed by atoms with van der Waals surface area (Å²) in [5.74, 6) is 1.75. The zero-order chi connectivity index (χ0) is 15.1. The molecule has 5 heteroatoms. The smallest absolute Gasteiger partial charge is 0.258 e. The van der Waals surface area contributed by atoms with Crippen LogP contribution in [0, 0.1) is 0 Å². The Morgan fingerprint density at radius 1 is 1.05 bits per heavy atom. The summed E-state index contributed by atoms with van der Waals surface area (Å²) < 4.78 is 15.9. The number of benzene rings is 1. The number of methoxy groups -OCH3 is 2. The molecular weight excluding hydrogens is 270 g/mol. The summed E-state index contributed by atoms with van der Waals surface area (Å²) in [5, 5.41) is 3.02. The molecular formula is C16H23NO4. The van der Waals surface area contributed by atoms with Crippen molar-refractivity contribution in [2.24, 2.45) is 0 Å². The summed E-state index contributed by atoms with van der Waals surface area (Å²) in [6.45, 7) is 0.00677. The van der Waals surface area contributed by atoms with E-state index in [1.807, 2.05) is 0 Å². The Balaban J connectivity index is 1.85. The molecule has 1 N–H and O–H groups in total. The van der Waals surface area contributed by atoms with Crippen molar-refractivity contribution < 1.29 is 19.0 Å². The van der Waals surface area contributed by atoms with Crippen LogP contribution in [0.1, 0.15) is 32.1 Å². The molecule has 1 aliphatic rings. The number of amides is 1. The van der Waals surface area contributed by atoms with Crippen LogP contribution in [0.3, 0.4) is 0 Å². The first-order valence-corrected chi connectivity index (χ1v) is 7.36. The van der Waals surface area contributed by atoms with Gasteiger partial charge in [-0.1, -0.05) is 19.3 Å². The lowest BCUT2D eigenvalue weighted by Gasteiger charge is -2.22. The molecule has 116 valence electrons. The van der Waals surface area contributed by atoms with Crippen molar-refractivity contribution in [2.75, 3.05) is 20.8 Å².